The Balaban J connectivity index is 1.35. The smallest absolute Gasteiger partial charge is 0.315 e. The van der Waals surface area contributed by atoms with E-state index in [1.807, 2.05) is 6.07 Å². The predicted molar refractivity (Wildman–Crippen MR) is 87.3 cm³/mol. The molecule has 0 bridgehead atoms. The summed E-state index contributed by atoms with van der Waals surface area (Å²) in [4.78, 5) is 22.7. The molecule has 1 aromatic heterocycles. The first kappa shape index (κ1) is 16.0. The molecular formula is C16H25N5O2. The second-order valence-electron chi connectivity index (χ2n) is 6.22. The molecule has 0 radical (unpaired) electrons. The lowest BCUT2D eigenvalue weighted by Crippen LogP contribution is -2.46. The molecule has 0 atom stereocenters. The van der Waals surface area contributed by atoms with Gasteiger partial charge in [0.25, 0.3) is 0 Å². The molecule has 0 spiro atoms. The Morgan fingerprint density at radius 3 is 2.57 bits per heavy atom. The molecule has 2 aliphatic heterocycles. The van der Waals surface area contributed by atoms with Gasteiger partial charge in [0.1, 0.15) is 0 Å². The van der Waals surface area contributed by atoms with Crippen LogP contribution in [0.2, 0.25) is 0 Å². The molecule has 2 saturated heterocycles. The van der Waals surface area contributed by atoms with Crippen molar-refractivity contribution in [1.29, 1.82) is 0 Å². The van der Waals surface area contributed by atoms with Crippen LogP contribution in [0.15, 0.2) is 18.5 Å². The molecule has 3 heterocycles. The number of nitrogens with zero attached hydrogens (tertiary/aromatic N) is 3. The Kier molecular flexibility index (Phi) is 5.63. The van der Waals surface area contributed by atoms with Crippen molar-refractivity contribution in [3.8, 4) is 0 Å². The normalized spacial score (nSPS) is 20.3. The first-order chi connectivity index (χ1) is 11.3. The van der Waals surface area contributed by atoms with Crippen molar-refractivity contribution in [1.82, 2.24) is 20.6 Å². The fraction of sp³-hybridized carbons (Fsp3) is 0.688. The van der Waals surface area contributed by atoms with Crippen LogP contribution in [0.5, 0.6) is 0 Å². The zero-order valence-electron chi connectivity index (χ0n) is 13.4. The van der Waals surface area contributed by atoms with Gasteiger partial charge >= 0.3 is 6.03 Å². The monoisotopic (exact) mass is 319 g/mol. The van der Waals surface area contributed by atoms with Crippen LogP contribution in [0.4, 0.5) is 10.7 Å². The van der Waals surface area contributed by atoms with E-state index >= 15 is 0 Å². The van der Waals surface area contributed by atoms with E-state index in [1.54, 1.807) is 12.4 Å². The summed E-state index contributed by atoms with van der Waals surface area (Å²) < 4.78 is 5.30. The van der Waals surface area contributed by atoms with Crippen molar-refractivity contribution in [2.75, 3.05) is 37.7 Å². The Morgan fingerprint density at radius 2 is 1.87 bits per heavy atom. The minimum atomic E-state index is -0.0503. The topological polar surface area (TPSA) is 79.4 Å². The summed E-state index contributed by atoms with van der Waals surface area (Å²) in [7, 11) is 0. The lowest BCUT2D eigenvalue weighted by molar-refractivity contribution is 0.0800. The van der Waals surface area contributed by atoms with Gasteiger partial charge in [-0.3, -0.25) is 0 Å². The maximum Gasteiger partial charge on any atom is 0.315 e. The zero-order valence-corrected chi connectivity index (χ0v) is 13.4. The predicted octanol–water partition coefficient (Wildman–Crippen LogP) is 1.17. The number of ether oxygens (including phenoxy) is 1. The summed E-state index contributed by atoms with van der Waals surface area (Å²) in [6, 6.07) is 2.03. The third kappa shape index (κ3) is 4.79. The minimum Gasteiger partial charge on any atom is -0.381 e. The highest BCUT2D eigenvalue weighted by Gasteiger charge is 2.22. The van der Waals surface area contributed by atoms with Crippen LogP contribution >= 0.6 is 0 Å². The van der Waals surface area contributed by atoms with Crippen LogP contribution in [-0.2, 0) is 4.74 Å². The van der Waals surface area contributed by atoms with E-state index in [9.17, 15) is 4.79 Å². The van der Waals surface area contributed by atoms with Crippen molar-refractivity contribution in [3.05, 3.63) is 18.5 Å². The van der Waals surface area contributed by atoms with Crippen molar-refractivity contribution in [2.45, 2.75) is 31.7 Å². The first-order valence-electron chi connectivity index (χ1n) is 8.45. The number of urea groups is 1. The fourth-order valence-corrected chi connectivity index (χ4v) is 3.11. The number of aromatic nitrogens is 2. The number of anilines is 1. The summed E-state index contributed by atoms with van der Waals surface area (Å²) in [5, 5.41) is 6.05. The van der Waals surface area contributed by atoms with Crippen molar-refractivity contribution < 1.29 is 9.53 Å². The molecule has 7 nitrogen and oxygen atoms in total. The van der Waals surface area contributed by atoms with Crippen molar-refractivity contribution >= 4 is 12.0 Å². The van der Waals surface area contributed by atoms with Gasteiger partial charge in [-0.1, -0.05) is 0 Å². The van der Waals surface area contributed by atoms with Gasteiger partial charge < -0.3 is 20.3 Å². The van der Waals surface area contributed by atoms with E-state index < -0.39 is 0 Å². The summed E-state index contributed by atoms with van der Waals surface area (Å²) in [6.07, 6.45) is 7.46. The molecule has 2 aliphatic rings. The highest BCUT2D eigenvalue weighted by Crippen LogP contribution is 2.19. The number of carbonyl (C=O) groups excluding carboxylic acids is 1. The third-order valence-corrected chi connectivity index (χ3v) is 4.56. The Labute approximate surface area is 136 Å². The highest BCUT2D eigenvalue weighted by atomic mass is 16.5. The van der Waals surface area contributed by atoms with Gasteiger partial charge in [0, 0.05) is 51.3 Å². The van der Waals surface area contributed by atoms with Gasteiger partial charge in [0.05, 0.1) is 0 Å². The lowest BCUT2D eigenvalue weighted by Gasteiger charge is -2.32. The zero-order chi connectivity index (χ0) is 15.9. The van der Waals surface area contributed by atoms with Gasteiger partial charge in [0.2, 0.25) is 5.95 Å². The third-order valence-electron chi connectivity index (χ3n) is 4.56. The molecule has 23 heavy (non-hydrogen) atoms. The molecule has 2 N–H and O–H groups in total. The van der Waals surface area contributed by atoms with Gasteiger partial charge in [-0.05, 0) is 37.7 Å². The Hall–Kier alpha value is -1.89. The van der Waals surface area contributed by atoms with Gasteiger partial charge in [0.15, 0.2) is 0 Å². The number of piperidine rings is 1. The molecule has 0 unspecified atom stereocenters. The van der Waals surface area contributed by atoms with E-state index in [1.165, 1.54) is 0 Å². The van der Waals surface area contributed by atoms with Gasteiger partial charge in [-0.2, -0.15) is 0 Å². The molecule has 0 saturated carbocycles. The quantitative estimate of drug-likeness (QED) is 0.871. The van der Waals surface area contributed by atoms with E-state index in [0.29, 0.717) is 5.92 Å². The number of rotatable bonds is 4. The molecule has 126 valence electrons. The van der Waals surface area contributed by atoms with Crippen molar-refractivity contribution in [2.24, 2.45) is 5.92 Å². The molecule has 7 heteroatoms. The summed E-state index contributed by atoms with van der Waals surface area (Å²) in [6.45, 7) is 4.10. The highest BCUT2D eigenvalue weighted by molar-refractivity contribution is 5.74. The summed E-state index contributed by atoms with van der Waals surface area (Å²) >= 11 is 0. The maximum atomic E-state index is 11.9. The number of carbonyl (C=O) groups is 1. The van der Waals surface area contributed by atoms with Crippen LogP contribution in [0.1, 0.15) is 25.7 Å². The summed E-state index contributed by atoms with van der Waals surface area (Å²) in [5.74, 6) is 1.33. The minimum absolute atomic E-state index is 0.0503. The van der Waals surface area contributed by atoms with Crippen LogP contribution in [0.25, 0.3) is 0 Å². The molecule has 1 aromatic rings. The molecular weight excluding hydrogens is 294 g/mol. The number of nitrogens with one attached hydrogen (secondary N) is 2. The largest absolute Gasteiger partial charge is 0.381 e. The van der Waals surface area contributed by atoms with Crippen molar-refractivity contribution in [3.63, 3.8) is 0 Å². The van der Waals surface area contributed by atoms with E-state index in [0.717, 1.165) is 64.5 Å². The summed E-state index contributed by atoms with van der Waals surface area (Å²) in [5.41, 5.74) is 0. The second-order valence-corrected chi connectivity index (χ2v) is 6.22. The second kappa shape index (κ2) is 8.10. The van der Waals surface area contributed by atoms with Crippen LogP contribution in [0, 0.1) is 5.92 Å². The number of hydrogen-bond acceptors (Lipinski definition) is 5. The Bertz CT molecular complexity index is 485. The van der Waals surface area contributed by atoms with Gasteiger partial charge in [-0.25, -0.2) is 14.8 Å². The molecule has 2 fully saturated rings. The number of amides is 2. The first-order valence-corrected chi connectivity index (χ1v) is 8.45. The lowest BCUT2D eigenvalue weighted by atomic mass is 9.97. The number of hydrogen-bond donors (Lipinski definition) is 2. The fourth-order valence-electron chi connectivity index (χ4n) is 3.11. The Morgan fingerprint density at radius 1 is 1.17 bits per heavy atom. The average Bonchev–Trinajstić information content (AvgIpc) is 2.62. The van der Waals surface area contributed by atoms with E-state index in [-0.39, 0.29) is 12.1 Å². The van der Waals surface area contributed by atoms with Crippen LogP contribution < -0.4 is 15.5 Å². The van der Waals surface area contributed by atoms with Crippen LogP contribution in [0.3, 0.4) is 0 Å². The molecule has 3 rings (SSSR count). The molecule has 2 amide bonds. The maximum absolute atomic E-state index is 11.9. The standard InChI is InChI=1S/C16H25N5O2/c22-16(20-14-4-10-23-11-5-14)19-12-13-2-8-21(9-3-13)15-17-6-1-7-18-15/h1,6-7,13-14H,2-5,8-12H2,(H2,19,20,22). The van der Waals surface area contributed by atoms with E-state index in [4.69, 9.17) is 4.74 Å². The average molecular weight is 319 g/mol. The van der Waals surface area contributed by atoms with Crippen LogP contribution in [-0.4, -0.2) is 54.9 Å². The SMILES string of the molecule is O=C(NCC1CCN(c2ncccn2)CC1)NC1CCOCC1. The van der Waals surface area contributed by atoms with E-state index in [2.05, 4.69) is 25.5 Å². The molecule has 0 aliphatic carbocycles. The molecule has 0 aromatic carbocycles. The van der Waals surface area contributed by atoms with Gasteiger partial charge in [-0.15, -0.1) is 0 Å².